The van der Waals surface area contributed by atoms with E-state index in [1.807, 2.05) is 6.20 Å². The molecule has 0 aromatic carbocycles. The maximum atomic E-state index is 12.5. The molecule has 3 rings (SSSR count). The summed E-state index contributed by atoms with van der Waals surface area (Å²) in [4.78, 5) is 12.5. The number of piperidine rings is 1. The van der Waals surface area contributed by atoms with Gasteiger partial charge in [0.15, 0.2) is 5.96 Å². The Kier molecular flexibility index (Phi) is 9.45. The molecular formula is C20H32F3IN6. The maximum absolute atomic E-state index is 12.5. The van der Waals surface area contributed by atoms with E-state index in [4.69, 9.17) is 0 Å². The summed E-state index contributed by atoms with van der Waals surface area (Å²) in [5.41, 5.74) is 1.03. The van der Waals surface area contributed by atoms with Crippen LogP contribution in [0.4, 0.5) is 19.0 Å². The summed E-state index contributed by atoms with van der Waals surface area (Å²) in [6.45, 7) is 4.90. The maximum Gasteiger partial charge on any atom is 0.401 e. The number of hydrogen-bond donors (Lipinski definition) is 2. The fraction of sp³-hybridized carbons (Fsp3) is 0.700. The number of pyridine rings is 1. The topological polar surface area (TPSA) is 55.8 Å². The van der Waals surface area contributed by atoms with Crippen molar-refractivity contribution < 1.29 is 13.2 Å². The van der Waals surface area contributed by atoms with E-state index in [9.17, 15) is 13.2 Å². The van der Waals surface area contributed by atoms with Gasteiger partial charge in [-0.3, -0.25) is 9.89 Å². The minimum Gasteiger partial charge on any atom is -0.357 e. The molecule has 0 aliphatic carbocycles. The molecule has 30 heavy (non-hydrogen) atoms. The monoisotopic (exact) mass is 540 g/mol. The second-order valence-corrected chi connectivity index (χ2v) is 8.10. The van der Waals surface area contributed by atoms with Crippen LogP contribution in [0.5, 0.6) is 0 Å². The summed E-state index contributed by atoms with van der Waals surface area (Å²) in [5, 5.41) is 6.45. The van der Waals surface area contributed by atoms with Crippen LogP contribution in [0.15, 0.2) is 23.3 Å². The Morgan fingerprint density at radius 1 is 1.20 bits per heavy atom. The molecule has 2 aliphatic heterocycles. The van der Waals surface area contributed by atoms with Crippen molar-refractivity contribution in [3.63, 3.8) is 0 Å². The molecule has 170 valence electrons. The summed E-state index contributed by atoms with van der Waals surface area (Å²) in [5.74, 6) is 2.39. The molecule has 0 bridgehead atoms. The van der Waals surface area contributed by atoms with Crippen molar-refractivity contribution in [2.24, 2.45) is 10.9 Å². The fourth-order valence-corrected chi connectivity index (χ4v) is 3.87. The lowest BCUT2D eigenvalue weighted by molar-refractivity contribution is -0.143. The highest BCUT2D eigenvalue weighted by atomic mass is 127. The Morgan fingerprint density at radius 3 is 2.53 bits per heavy atom. The van der Waals surface area contributed by atoms with Crippen LogP contribution in [0.1, 0.15) is 31.7 Å². The molecule has 2 fully saturated rings. The van der Waals surface area contributed by atoms with Gasteiger partial charge < -0.3 is 15.5 Å². The molecule has 3 heterocycles. The van der Waals surface area contributed by atoms with Gasteiger partial charge in [-0.1, -0.05) is 13.0 Å². The lowest BCUT2D eigenvalue weighted by atomic mass is 9.99. The molecule has 1 atom stereocenters. The number of alkyl halides is 3. The molecule has 10 heteroatoms. The number of halogens is 4. The molecule has 0 spiro atoms. The van der Waals surface area contributed by atoms with Gasteiger partial charge in [-0.15, -0.1) is 24.0 Å². The number of aromatic nitrogens is 1. The number of guanidine groups is 1. The van der Waals surface area contributed by atoms with Crippen molar-refractivity contribution in [1.29, 1.82) is 0 Å². The van der Waals surface area contributed by atoms with E-state index in [0.717, 1.165) is 30.4 Å². The van der Waals surface area contributed by atoms with Crippen molar-refractivity contribution in [1.82, 2.24) is 20.5 Å². The number of hydrogen-bond acceptors (Lipinski definition) is 4. The van der Waals surface area contributed by atoms with Crippen molar-refractivity contribution >= 4 is 35.8 Å². The summed E-state index contributed by atoms with van der Waals surface area (Å²) in [6, 6.07) is 4.07. The molecule has 2 saturated heterocycles. The van der Waals surface area contributed by atoms with E-state index in [1.54, 1.807) is 7.05 Å². The van der Waals surface area contributed by atoms with E-state index in [-0.39, 0.29) is 30.0 Å². The summed E-state index contributed by atoms with van der Waals surface area (Å²) in [7, 11) is 1.66. The SMILES string of the molecule is CN=C(NCc1ccc(N2CCC(C)CC2)nc1)NC1CCN(CC(F)(F)F)C1.I. The summed E-state index contributed by atoms with van der Waals surface area (Å²) < 4.78 is 37.6. The molecule has 1 aromatic rings. The van der Waals surface area contributed by atoms with Gasteiger partial charge in [0.1, 0.15) is 5.82 Å². The first-order valence-electron chi connectivity index (χ1n) is 10.3. The minimum atomic E-state index is -4.15. The highest BCUT2D eigenvalue weighted by Gasteiger charge is 2.34. The largest absolute Gasteiger partial charge is 0.401 e. The van der Waals surface area contributed by atoms with Gasteiger partial charge in [0.2, 0.25) is 0 Å². The van der Waals surface area contributed by atoms with Gasteiger partial charge in [-0.2, -0.15) is 13.2 Å². The Bertz CT molecular complexity index is 674. The number of nitrogens with one attached hydrogen (secondary N) is 2. The van der Waals surface area contributed by atoms with Crippen molar-refractivity contribution in [2.75, 3.05) is 44.7 Å². The zero-order chi connectivity index (χ0) is 20.9. The van der Waals surface area contributed by atoms with E-state index in [1.165, 1.54) is 17.7 Å². The molecule has 0 radical (unpaired) electrons. The Morgan fingerprint density at radius 2 is 1.93 bits per heavy atom. The lowest BCUT2D eigenvalue weighted by Gasteiger charge is -2.31. The zero-order valence-corrected chi connectivity index (χ0v) is 19.9. The van der Waals surface area contributed by atoms with Gasteiger partial charge in [0, 0.05) is 52.0 Å². The van der Waals surface area contributed by atoms with E-state index in [2.05, 4.69) is 44.6 Å². The minimum absolute atomic E-state index is 0. The highest BCUT2D eigenvalue weighted by Crippen LogP contribution is 2.21. The van der Waals surface area contributed by atoms with Crippen LogP contribution >= 0.6 is 24.0 Å². The predicted octanol–water partition coefficient (Wildman–Crippen LogP) is 3.24. The molecule has 6 nitrogen and oxygen atoms in total. The van der Waals surface area contributed by atoms with Crippen LogP contribution in [-0.4, -0.2) is 67.8 Å². The first-order valence-corrected chi connectivity index (χ1v) is 10.3. The highest BCUT2D eigenvalue weighted by molar-refractivity contribution is 14.0. The van der Waals surface area contributed by atoms with Crippen LogP contribution in [0, 0.1) is 5.92 Å². The molecule has 1 unspecified atom stereocenters. The third-order valence-electron chi connectivity index (χ3n) is 5.62. The lowest BCUT2D eigenvalue weighted by Crippen LogP contribution is -2.44. The van der Waals surface area contributed by atoms with Gasteiger partial charge >= 0.3 is 6.18 Å². The number of aliphatic imine (C=N–C) groups is 1. The Labute approximate surface area is 193 Å². The number of likely N-dealkylation sites (tertiary alicyclic amines) is 1. The molecule has 2 aliphatic rings. The summed E-state index contributed by atoms with van der Waals surface area (Å²) in [6.07, 6.45) is 0.791. The smallest absolute Gasteiger partial charge is 0.357 e. The van der Waals surface area contributed by atoms with Crippen LogP contribution < -0.4 is 15.5 Å². The van der Waals surface area contributed by atoms with Gasteiger partial charge in [0.05, 0.1) is 6.54 Å². The molecule has 2 N–H and O–H groups in total. The average Bonchev–Trinajstić information content (AvgIpc) is 3.11. The quantitative estimate of drug-likeness (QED) is 0.342. The first kappa shape index (κ1) is 25.0. The van der Waals surface area contributed by atoms with Gasteiger partial charge in [-0.05, 0) is 36.8 Å². The first-order chi connectivity index (χ1) is 13.8. The van der Waals surface area contributed by atoms with Gasteiger partial charge in [0.25, 0.3) is 0 Å². The molecule has 0 amide bonds. The number of nitrogens with zero attached hydrogens (tertiary/aromatic N) is 4. The van der Waals surface area contributed by atoms with Crippen molar-refractivity contribution in [3.05, 3.63) is 23.9 Å². The summed E-state index contributed by atoms with van der Waals surface area (Å²) >= 11 is 0. The standard InChI is InChI=1S/C20H31F3N6.HI/c1-15-5-9-29(10-6-15)18-4-3-16(11-25-18)12-26-19(24-2)27-17-7-8-28(13-17)14-20(21,22)23;/h3-4,11,15,17H,5-10,12-14H2,1-2H3,(H2,24,26,27);1H. The van der Waals surface area contributed by atoms with E-state index >= 15 is 0 Å². The second kappa shape index (κ2) is 11.4. The molecule has 0 saturated carbocycles. The average molecular weight is 540 g/mol. The van der Waals surface area contributed by atoms with E-state index in [0.29, 0.717) is 32.0 Å². The molecule has 1 aromatic heterocycles. The Hall–Kier alpha value is -1.30. The van der Waals surface area contributed by atoms with Crippen LogP contribution in [0.3, 0.4) is 0 Å². The zero-order valence-electron chi connectivity index (χ0n) is 17.6. The fourth-order valence-electron chi connectivity index (χ4n) is 3.87. The van der Waals surface area contributed by atoms with Crippen LogP contribution in [-0.2, 0) is 6.54 Å². The van der Waals surface area contributed by atoms with Crippen molar-refractivity contribution in [3.8, 4) is 0 Å². The van der Waals surface area contributed by atoms with E-state index < -0.39 is 12.7 Å². The van der Waals surface area contributed by atoms with Crippen LogP contribution in [0.2, 0.25) is 0 Å². The molecular weight excluding hydrogens is 508 g/mol. The third-order valence-corrected chi connectivity index (χ3v) is 5.62. The number of anilines is 1. The Balaban J connectivity index is 0.00000320. The van der Waals surface area contributed by atoms with Crippen LogP contribution in [0.25, 0.3) is 0 Å². The predicted molar refractivity (Wildman–Crippen MR) is 124 cm³/mol. The number of rotatable bonds is 5. The third kappa shape index (κ3) is 7.75. The van der Waals surface area contributed by atoms with Crippen molar-refractivity contribution in [2.45, 2.75) is 44.9 Å². The normalized spacial score (nSPS) is 21.4. The second-order valence-electron chi connectivity index (χ2n) is 8.10. The van der Waals surface area contributed by atoms with Gasteiger partial charge in [-0.25, -0.2) is 4.98 Å².